The summed E-state index contributed by atoms with van der Waals surface area (Å²) in [5.41, 5.74) is 1.19. The van der Waals surface area contributed by atoms with Crippen LogP contribution in [-0.4, -0.2) is 17.7 Å². The first-order valence-corrected chi connectivity index (χ1v) is 6.47. The van der Waals surface area contributed by atoms with E-state index in [1.165, 1.54) is 6.08 Å². The molecule has 0 spiro atoms. The maximum Gasteiger partial charge on any atom is 0.450 e. The zero-order valence-corrected chi connectivity index (χ0v) is 11.1. The zero-order chi connectivity index (χ0) is 15.5. The smallest absolute Gasteiger partial charge is 0.294 e. The lowest BCUT2D eigenvalue weighted by molar-refractivity contribution is -0.176. The normalized spacial score (nSPS) is 21.4. The number of allylic oxidation sites excluding steroid dienone is 3. The first-order chi connectivity index (χ1) is 9.89. The van der Waals surface area contributed by atoms with Gasteiger partial charge in [0.15, 0.2) is 5.78 Å². The molecule has 2 rings (SSSR count). The zero-order valence-electron chi connectivity index (χ0n) is 11.1. The number of rotatable bonds is 3. The summed E-state index contributed by atoms with van der Waals surface area (Å²) >= 11 is 0. The Kier molecular flexibility index (Phi) is 4.40. The summed E-state index contributed by atoms with van der Waals surface area (Å²) in [4.78, 5) is 22.9. The maximum atomic E-state index is 12.3. The molecule has 1 saturated carbocycles. The highest BCUT2D eigenvalue weighted by Crippen LogP contribution is 2.32. The van der Waals surface area contributed by atoms with Gasteiger partial charge < -0.3 is 0 Å². The Labute approximate surface area is 120 Å². The summed E-state index contributed by atoms with van der Waals surface area (Å²) in [6.45, 7) is 0. The quantitative estimate of drug-likeness (QED) is 0.628. The number of benzene rings is 1. The Morgan fingerprint density at radius 1 is 1.19 bits per heavy atom. The van der Waals surface area contributed by atoms with Crippen LogP contribution in [0.15, 0.2) is 48.1 Å². The number of hydrogen-bond donors (Lipinski definition) is 0. The van der Waals surface area contributed by atoms with Crippen molar-refractivity contribution in [1.29, 1.82) is 0 Å². The van der Waals surface area contributed by atoms with Crippen molar-refractivity contribution >= 4 is 17.6 Å². The molecule has 0 N–H and O–H groups in total. The number of carbonyl (C=O) groups is 2. The minimum Gasteiger partial charge on any atom is -0.294 e. The minimum atomic E-state index is -4.95. The van der Waals surface area contributed by atoms with Crippen LogP contribution in [0.5, 0.6) is 0 Å². The fourth-order valence-electron chi connectivity index (χ4n) is 2.23. The molecule has 1 unspecified atom stereocenters. The van der Waals surface area contributed by atoms with Gasteiger partial charge in [-0.1, -0.05) is 48.6 Å². The van der Waals surface area contributed by atoms with Crippen molar-refractivity contribution in [3.8, 4) is 0 Å². The molecule has 1 fully saturated rings. The van der Waals surface area contributed by atoms with Crippen molar-refractivity contribution in [3.05, 3.63) is 53.6 Å². The van der Waals surface area contributed by atoms with Gasteiger partial charge in [0, 0.05) is 0 Å². The van der Waals surface area contributed by atoms with Crippen LogP contribution in [-0.2, 0) is 9.59 Å². The molecule has 0 heterocycles. The highest BCUT2D eigenvalue weighted by Gasteiger charge is 2.48. The summed E-state index contributed by atoms with van der Waals surface area (Å²) < 4.78 is 37.0. The Hall–Kier alpha value is -2.17. The molecule has 0 saturated heterocycles. The van der Waals surface area contributed by atoms with E-state index in [0.717, 1.165) is 5.56 Å². The summed E-state index contributed by atoms with van der Waals surface area (Å²) in [5.74, 6) is -4.22. The van der Waals surface area contributed by atoms with E-state index in [1.54, 1.807) is 12.2 Å². The molecule has 21 heavy (non-hydrogen) atoms. The predicted molar refractivity (Wildman–Crippen MR) is 72.4 cm³/mol. The average Bonchev–Trinajstić information content (AvgIpc) is 2.80. The van der Waals surface area contributed by atoms with Crippen LogP contribution < -0.4 is 0 Å². The van der Waals surface area contributed by atoms with Gasteiger partial charge >= 0.3 is 6.18 Å². The number of hydrogen-bond acceptors (Lipinski definition) is 2. The van der Waals surface area contributed by atoms with Crippen LogP contribution in [0.1, 0.15) is 18.4 Å². The Bertz CT molecular complexity index is 598. The van der Waals surface area contributed by atoms with Gasteiger partial charge in [-0.25, -0.2) is 0 Å². The summed E-state index contributed by atoms with van der Waals surface area (Å²) in [7, 11) is 0. The Morgan fingerprint density at radius 2 is 1.86 bits per heavy atom. The molecule has 0 bridgehead atoms. The Balaban J connectivity index is 2.07. The standard InChI is InChI=1S/C16H13F3O2/c17-16(18,19)15(21)13-10-9-12(14(13)20)8-4-7-11-5-2-1-3-6-11/h1-8,13H,9-10H2/b7-4+,12-8+. The molecule has 110 valence electrons. The van der Waals surface area contributed by atoms with E-state index < -0.39 is 23.7 Å². The molecule has 0 aromatic heterocycles. The van der Waals surface area contributed by atoms with E-state index in [2.05, 4.69) is 0 Å². The molecule has 1 atom stereocenters. The second kappa shape index (κ2) is 6.08. The molecule has 1 aliphatic rings. The van der Waals surface area contributed by atoms with E-state index >= 15 is 0 Å². The summed E-state index contributed by atoms with van der Waals surface area (Å²) in [5, 5.41) is 0. The third kappa shape index (κ3) is 3.68. The second-order valence-corrected chi connectivity index (χ2v) is 4.78. The number of Topliss-reactive ketones (excluding diaryl/α,β-unsaturated/α-hetero) is 2. The van der Waals surface area contributed by atoms with Gasteiger partial charge in [-0.2, -0.15) is 13.2 Å². The van der Waals surface area contributed by atoms with E-state index in [9.17, 15) is 22.8 Å². The first-order valence-electron chi connectivity index (χ1n) is 6.47. The van der Waals surface area contributed by atoms with Crippen LogP contribution in [0.4, 0.5) is 13.2 Å². The van der Waals surface area contributed by atoms with Crippen LogP contribution in [0.3, 0.4) is 0 Å². The summed E-state index contributed by atoms with van der Waals surface area (Å²) in [6.07, 6.45) is 0.0312. The lowest BCUT2D eigenvalue weighted by Crippen LogP contribution is -2.32. The topological polar surface area (TPSA) is 34.1 Å². The second-order valence-electron chi connectivity index (χ2n) is 4.78. The molecule has 5 heteroatoms. The monoisotopic (exact) mass is 294 g/mol. The molecule has 0 amide bonds. The van der Waals surface area contributed by atoms with Crippen molar-refractivity contribution in [2.45, 2.75) is 19.0 Å². The van der Waals surface area contributed by atoms with E-state index in [-0.39, 0.29) is 18.4 Å². The van der Waals surface area contributed by atoms with Gasteiger partial charge in [0.05, 0.1) is 5.92 Å². The summed E-state index contributed by atoms with van der Waals surface area (Å²) in [6, 6.07) is 9.30. The van der Waals surface area contributed by atoms with Gasteiger partial charge in [-0.15, -0.1) is 0 Å². The molecule has 0 radical (unpaired) electrons. The van der Waals surface area contributed by atoms with Gasteiger partial charge in [-0.3, -0.25) is 9.59 Å². The minimum absolute atomic E-state index is 0.0673. The SMILES string of the molecule is O=C1/C(=C/C=C/c2ccccc2)CCC1C(=O)C(F)(F)F. The van der Waals surface area contributed by atoms with Crippen LogP contribution >= 0.6 is 0 Å². The van der Waals surface area contributed by atoms with Crippen LogP contribution in [0.25, 0.3) is 6.08 Å². The fourth-order valence-corrected chi connectivity index (χ4v) is 2.23. The van der Waals surface area contributed by atoms with Crippen molar-refractivity contribution in [2.75, 3.05) is 0 Å². The molecular weight excluding hydrogens is 281 g/mol. The third-order valence-electron chi connectivity index (χ3n) is 3.32. The van der Waals surface area contributed by atoms with E-state index in [0.29, 0.717) is 0 Å². The lowest BCUT2D eigenvalue weighted by atomic mass is 10.0. The van der Waals surface area contributed by atoms with Gasteiger partial charge in [0.25, 0.3) is 0 Å². The van der Waals surface area contributed by atoms with Crippen molar-refractivity contribution in [1.82, 2.24) is 0 Å². The first kappa shape index (κ1) is 15.2. The van der Waals surface area contributed by atoms with Crippen molar-refractivity contribution in [3.63, 3.8) is 0 Å². The van der Waals surface area contributed by atoms with E-state index in [4.69, 9.17) is 0 Å². The average molecular weight is 294 g/mol. The van der Waals surface area contributed by atoms with Gasteiger partial charge in [-0.05, 0) is 24.0 Å². The number of ketones is 2. The molecule has 1 aromatic rings. The van der Waals surface area contributed by atoms with Gasteiger partial charge in [0.1, 0.15) is 0 Å². The third-order valence-corrected chi connectivity index (χ3v) is 3.32. The van der Waals surface area contributed by atoms with Gasteiger partial charge in [0.2, 0.25) is 5.78 Å². The fraction of sp³-hybridized carbons (Fsp3) is 0.250. The van der Waals surface area contributed by atoms with Crippen molar-refractivity contribution < 1.29 is 22.8 Å². The lowest BCUT2D eigenvalue weighted by Gasteiger charge is -2.09. The van der Waals surface area contributed by atoms with E-state index in [1.807, 2.05) is 30.3 Å². The highest BCUT2D eigenvalue weighted by atomic mass is 19.4. The molecule has 2 nitrogen and oxygen atoms in total. The molecule has 1 aromatic carbocycles. The molecule has 0 aliphatic heterocycles. The largest absolute Gasteiger partial charge is 0.450 e. The number of halogens is 3. The van der Waals surface area contributed by atoms with Crippen LogP contribution in [0.2, 0.25) is 0 Å². The molecule has 1 aliphatic carbocycles. The van der Waals surface area contributed by atoms with Crippen molar-refractivity contribution in [2.24, 2.45) is 5.92 Å². The number of alkyl halides is 3. The Morgan fingerprint density at radius 3 is 2.48 bits per heavy atom. The molecular formula is C16H13F3O2. The highest BCUT2D eigenvalue weighted by molar-refractivity contribution is 6.13. The predicted octanol–water partition coefficient (Wildman–Crippen LogP) is 3.74. The number of carbonyl (C=O) groups excluding carboxylic acids is 2. The maximum absolute atomic E-state index is 12.3. The van der Waals surface area contributed by atoms with Crippen LogP contribution in [0, 0.1) is 5.92 Å².